The molecule has 0 saturated heterocycles. The second-order valence-electron chi connectivity index (χ2n) is 4.01. The Bertz CT molecular complexity index is 749. The quantitative estimate of drug-likeness (QED) is 0.352. The third-order valence-electron chi connectivity index (χ3n) is 2.80. The van der Waals surface area contributed by atoms with Crippen LogP contribution in [0.25, 0.3) is 11.1 Å². The first kappa shape index (κ1) is 18.8. The van der Waals surface area contributed by atoms with Crippen molar-refractivity contribution in [2.45, 2.75) is 0 Å². The molecular formula is C13H7BF8O. The van der Waals surface area contributed by atoms with E-state index in [1.807, 2.05) is 0 Å². The molecule has 0 amide bonds. The van der Waals surface area contributed by atoms with E-state index in [2.05, 4.69) is 4.74 Å². The summed E-state index contributed by atoms with van der Waals surface area (Å²) in [5.74, 6) is -18.7. The lowest BCUT2D eigenvalue weighted by Crippen LogP contribution is -2.06. The first-order valence-electron chi connectivity index (χ1n) is 5.45. The summed E-state index contributed by atoms with van der Waals surface area (Å²) in [7, 11) is 0.706. The summed E-state index contributed by atoms with van der Waals surface area (Å²) in [5.41, 5.74) is -3.25. The van der Waals surface area contributed by atoms with Crippen LogP contribution in [0.2, 0.25) is 0 Å². The monoisotopic (exact) mass is 342 g/mol. The summed E-state index contributed by atoms with van der Waals surface area (Å²) in [5, 5.41) is 0. The molecule has 124 valence electrons. The number of hydrogen-bond donors (Lipinski definition) is 0. The topological polar surface area (TPSA) is 9.23 Å². The van der Waals surface area contributed by atoms with Crippen LogP contribution in [0, 0.1) is 46.5 Å². The minimum atomic E-state index is -2.38. The molecule has 0 spiro atoms. The average molecular weight is 342 g/mol. The van der Waals surface area contributed by atoms with Crippen LogP contribution in [-0.4, -0.2) is 15.5 Å². The number of hydrogen-bond acceptors (Lipinski definition) is 1. The molecule has 2 aromatic carbocycles. The van der Waals surface area contributed by atoms with Crippen molar-refractivity contribution in [2.75, 3.05) is 7.11 Å². The molecule has 10 heteroatoms. The Balaban J connectivity index is 0.00000264. The highest BCUT2D eigenvalue weighted by Crippen LogP contribution is 2.37. The molecule has 0 radical (unpaired) electrons. The Morgan fingerprint density at radius 3 is 1.57 bits per heavy atom. The van der Waals surface area contributed by atoms with Crippen molar-refractivity contribution in [3.8, 4) is 16.9 Å². The maximum atomic E-state index is 13.8. The summed E-state index contributed by atoms with van der Waals surface area (Å²) in [6.45, 7) is 0. The van der Waals surface area contributed by atoms with Crippen molar-refractivity contribution >= 4 is 8.41 Å². The van der Waals surface area contributed by atoms with Crippen LogP contribution in [0.3, 0.4) is 0 Å². The van der Waals surface area contributed by atoms with Gasteiger partial charge in [0.05, 0.1) is 21.1 Å². The highest BCUT2D eigenvalue weighted by molar-refractivity contribution is 5.75. The number of ether oxygens (including phenoxy) is 1. The first-order valence-corrected chi connectivity index (χ1v) is 5.45. The van der Waals surface area contributed by atoms with Crippen LogP contribution < -0.4 is 4.74 Å². The zero-order chi connectivity index (χ0) is 16.8. The molecule has 0 aliphatic rings. The third-order valence-corrected chi connectivity index (χ3v) is 2.80. The molecule has 0 bridgehead atoms. The summed E-state index contributed by atoms with van der Waals surface area (Å²) in [4.78, 5) is 0. The van der Waals surface area contributed by atoms with E-state index in [9.17, 15) is 35.1 Å². The Morgan fingerprint density at radius 1 is 0.652 bits per heavy atom. The smallest absolute Gasteiger partial charge is 0.204 e. The van der Waals surface area contributed by atoms with Gasteiger partial charge in [-0.15, -0.1) is 0 Å². The second kappa shape index (κ2) is 6.47. The van der Waals surface area contributed by atoms with Gasteiger partial charge in [-0.05, 0) is 6.07 Å². The highest BCUT2D eigenvalue weighted by atomic mass is 19.2. The summed E-state index contributed by atoms with van der Waals surface area (Å²) < 4.78 is 111. The summed E-state index contributed by atoms with van der Waals surface area (Å²) >= 11 is 0. The summed E-state index contributed by atoms with van der Waals surface area (Å²) in [6.07, 6.45) is 0. The van der Waals surface area contributed by atoms with E-state index in [0.717, 1.165) is 0 Å². The Kier molecular flexibility index (Phi) is 5.29. The Labute approximate surface area is 126 Å². The number of halogens is 8. The molecule has 0 unspecified atom stereocenters. The van der Waals surface area contributed by atoms with Crippen molar-refractivity contribution in [1.29, 1.82) is 0 Å². The molecule has 0 saturated carbocycles. The maximum Gasteiger partial charge on any atom is 0.204 e. The number of benzene rings is 2. The van der Waals surface area contributed by atoms with Gasteiger partial charge in [0.15, 0.2) is 40.7 Å². The van der Waals surface area contributed by atoms with Crippen molar-refractivity contribution in [1.82, 2.24) is 0 Å². The number of methoxy groups -OCH3 is 1. The molecule has 2 aromatic rings. The maximum absolute atomic E-state index is 13.8. The van der Waals surface area contributed by atoms with Gasteiger partial charge in [-0.3, -0.25) is 0 Å². The predicted molar refractivity (Wildman–Crippen MR) is 68.0 cm³/mol. The van der Waals surface area contributed by atoms with Crippen LogP contribution in [0.1, 0.15) is 0 Å². The molecule has 0 fully saturated rings. The number of rotatable bonds is 2. The fourth-order valence-corrected chi connectivity index (χ4v) is 1.78. The van der Waals surface area contributed by atoms with E-state index >= 15 is 0 Å². The van der Waals surface area contributed by atoms with E-state index in [1.165, 1.54) is 0 Å². The lowest BCUT2D eigenvalue weighted by atomic mass is 10.0. The first-order chi connectivity index (χ1) is 10.2. The highest BCUT2D eigenvalue weighted by Gasteiger charge is 2.31. The van der Waals surface area contributed by atoms with Crippen molar-refractivity contribution in [3.05, 3.63) is 52.6 Å². The van der Waals surface area contributed by atoms with Crippen molar-refractivity contribution in [2.24, 2.45) is 0 Å². The van der Waals surface area contributed by atoms with Gasteiger partial charge in [-0.2, -0.15) is 8.78 Å². The van der Waals surface area contributed by atoms with Gasteiger partial charge in [0.2, 0.25) is 11.6 Å². The molecule has 1 nitrogen and oxygen atoms in total. The van der Waals surface area contributed by atoms with E-state index in [4.69, 9.17) is 0 Å². The molecular weight excluding hydrogens is 335 g/mol. The van der Waals surface area contributed by atoms with Gasteiger partial charge in [-0.1, -0.05) is 0 Å². The molecule has 0 N–H and O–H groups in total. The van der Waals surface area contributed by atoms with Gasteiger partial charge in [0, 0.05) is 5.56 Å². The Hall–Kier alpha value is -2.26. The minimum absolute atomic E-state index is 0. The van der Waals surface area contributed by atoms with Crippen LogP contribution >= 0.6 is 0 Å². The molecule has 0 atom stereocenters. The van der Waals surface area contributed by atoms with Crippen LogP contribution in [-0.2, 0) is 0 Å². The predicted octanol–water partition coefficient (Wildman–Crippen LogP) is 3.29. The normalized spacial score (nSPS) is 10.5. The third kappa shape index (κ3) is 2.73. The zero-order valence-electron chi connectivity index (χ0n) is 10.5. The Morgan fingerprint density at radius 2 is 1.13 bits per heavy atom. The molecule has 0 aliphatic heterocycles. The van der Waals surface area contributed by atoms with Gasteiger partial charge in [0.25, 0.3) is 0 Å². The van der Waals surface area contributed by atoms with Crippen molar-refractivity contribution in [3.63, 3.8) is 0 Å². The molecule has 0 aromatic heterocycles. The molecule has 2 rings (SSSR count). The van der Waals surface area contributed by atoms with Gasteiger partial charge in [0.1, 0.15) is 0 Å². The lowest BCUT2D eigenvalue weighted by molar-refractivity contribution is 0.333. The SMILES string of the molecule is B.COc1c(F)c(F)c(-c2cc(F)c(F)c(F)c2F)c(F)c1F. The van der Waals surface area contributed by atoms with Crippen LogP contribution in [0.15, 0.2) is 6.07 Å². The minimum Gasteiger partial charge on any atom is -0.491 e. The zero-order valence-corrected chi connectivity index (χ0v) is 10.5. The molecule has 0 heterocycles. The molecule has 0 aliphatic carbocycles. The van der Waals surface area contributed by atoms with Crippen LogP contribution in [0.4, 0.5) is 35.1 Å². The molecule has 23 heavy (non-hydrogen) atoms. The lowest BCUT2D eigenvalue weighted by Gasteiger charge is -2.12. The van der Waals surface area contributed by atoms with E-state index in [1.54, 1.807) is 0 Å². The van der Waals surface area contributed by atoms with Crippen molar-refractivity contribution < 1.29 is 39.9 Å². The van der Waals surface area contributed by atoms with Gasteiger partial charge in [-0.25, -0.2) is 26.3 Å². The largest absolute Gasteiger partial charge is 0.491 e. The van der Waals surface area contributed by atoms with Gasteiger partial charge < -0.3 is 4.74 Å². The second-order valence-corrected chi connectivity index (χ2v) is 4.01. The van der Waals surface area contributed by atoms with E-state index in [0.29, 0.717) is 7.11 Å². The fraction of sp³-hybridized carbons (Fsp3) is 0.0769. The van der Waals surface area contributed by atoms with E-state index < -0.39 is 63.4 Å². The fourth-order valence-electron chi connectivity index (χ4n) is 1.78. The van der Waals surface area contributed by atoms with Gasteiger partial charge >= 0.3 is 0 Å². The average Bonchev–Trinajstić information content (AvgIpc) is 2.49. The van der Waals surface area contributed by atoms with E-state index in [-0.39, 0.29) is 14.5 Å². The summed E-state index contributed by atoms with van der Waals surface area (Å²) in [6, 6.07) is -0.124. The van der Waals surface area contributed by atoms with Crippen LogP contribution in [0.5, 0.6) is 5.75 Å². The standard InChI is InChI=1S/C13H4F8O.BH3/c1-22-13-11(20)8(17)5(9(18)12(13)21)3-2-4(14)7(16)10(19)6(3)15;/h2H,1H3;1H3.